The predicted molar refractivity (Wildman–Crippen MR) is 73.4 cm³/mol. The van der Waals surface area contributed by atoms with Crippen LogP contribution in [0.25, 0.3) is 0 Å². The summed E-state index contributed by atoms with van der Waals surface area (Å²) in [5.41, 5.74) is 1.36. The van der Waals surface area contributed by atoms with Crippen molar-refractivity contribution < 1.29 is 4.74 Å². The number of hydrogen-bond acceptors (Lipinski definition) is 3. The highest BCUT2D eigenvalue weighted by Crippen LogP contribution is 2.20. The Kier molecular flexibility index (Phi) is 6.56. The number of rotatable bonds is 7. The van der Waals surface area contributed by atoms with Gasteiger partial charge in [0.05, 0.1) is 12.6 Å². The van der Waals surface area contributed by atoms with Gasteiger partial charge in [0.25, 0.3) is 0 Å². The average molecular weight is 240 g/mol. The quantitative estimate of drug-likeness (QED) is 0.638. The van der Waals surface area contributed by atoms with Crippen LogP contribution in [-0.4, -0.2) is 37.0 Å². The summed E-state index contributed by atoms with van der Waals surface area (Å²) in [6, 6.07) is 0.496. The van der Waals surface area contributed by atoms with Crippen molar-refractivity contribution in [2.75, 3.05) is 20.3 Å². The maximum atomic E-state index is 5.27. The summed E-state index contributed by atoms with van der Waals surface area (Å²) >= 11 is 0. The number of ether oxygens (including phenoxy) is 1. The summed E-state index contributed by atoms with van der Waals surface area (Å²) in [6.45, 7) is 8.66. The minimum atomic E-state index is 0.496. The SMILES string of the molecule is CCCC(C)/C(CC)=N/N1CCC[C@H]1COC. The van der Waals surface area contributed by atoms with E-state index in [9.17, 15) is 0 Å². The Balaban J connectivity index is 2.62. The third-order valence-electron chi connectivity index (χ3n) is 3.61. The summed E-state index contributed by atoms with van der Waals surface area (Å²) in [4.78, 5) is 0. The first-order valence-corrected chi connectivity index (χ1v) is 7.05. The lowest BCUT2D eigenvalue weighted by atomic mass is 9.98. The molecule has 1 saturated heterocycles. The van der Waals surface area contributed by atoms with Gasteiger partial charge in [0.15, 0.2) is 0 Å². The molecule has 3 heteroatoms. The van der Waals surface area contributed by atoms with Gasteiger partial charge in [0.1, 0.15) is 0 Å². The van der Waals surface area contributed by atoms with Gasteiger partial charge in [0.2, 0.25) is 0 Å². The topological polar surface area (TPSA) is 24.8 Å². The van der Waals surface area contributed by atoms with Crippen LogP contribution in [0.2, 0.25) is 0 Å². The van der Waals surface area contributed by atoms with Gasteiger partial charge >= 0.3 is 0 Å². The van der Waals surface area contributed by atoms with Crippen LogP contribution in [0.1, 0.15) is 52.9 Å². The van der Waals surface area contributed by atoms with E-state index in [1.165, 1.54) is 31.4 Å². The zero-order chi connectivity index (χ0) is 12.7. The number of nitrogens with zero attached hydrogens (tertiary/aromatic N) is 2. The van der Waals surface area contributed by atoms with Gasteiger partial charge < -0.3 is 4.74 Å². The Hall–Kier alpha value is -0.570. The van der Waals surface area contributed by atoms with Gasteiger partial charge in [-0.3, -0.25) is 5.01 Å². The normalized spacial score (nSPS) is 23.2. The molecule has 0 spiro atoms. The van der Waals surface area contributed by atoms with Crippen molar-refractivity contribution in [3.05, 3.63) is 0 Å². The van der Waals surface area contributed by atoms with E-state index in [-0.39, 0.29) is 0 Å². The van der Waals surface area contributed by atoms with E-state index in [0.717, 1.165) is 19.6 Å². The van der Waals surface area contributed by atoms with E-state index in [2.05, 4.69) is 25.8 Å². The Bertz CT molecular complexity index is 240. The smallest absolute Gasteiger partial charge is 0.0704 e. The minimum Gasteiger partial charge on any atom is -0.382 e. The highest BCUT2D eigenvalue weighted by Gasteiger charge is 2.24. The van der Waals surface area contributed by atoms with Crippen molar-refractivity contribution in [1.29, 1.82) is 0 Å². The molecule has 1 heterocycles. The van der Waals surface area contributed by atoms with Crippen LogP contribution in [0.15, 0.2) is 5.10 Å². The monoisotopic (exact) mass is 240 g/mol. The highest BCUT2D eigenvalue weighted by atomic mass is 16.5. The Morgan fingerprint density at radius 1 is 1.47 bits per heavy atom. The van der Waals surface area contributed by atoms with Crippen molar-refractivity contribution in [3.8, 4) is 0 Å². The maximum Gasteiger partial charge on any atom is 0.0704 e. The Labute approximate surface area is 106 Å². The van der Waals surface area contributed by atoms with E-state index >= 15 is 0 Å². The van der Waals surface area contributed by atoms with Crippen molar-refractivity contribution in [3.63, 3.8) is 0 Å². The summed E-state index contributed by atoms with van der Waals surface area (Å²) in [5, 5.41) is 7.14. The van der Waals surface area contributed by atoms with Crippen LogP contribution in [0, 0.1) is 5.92 Å². The van der Waals surface area contributed by atoms with Crippen LogP contribution < -0.4 is 0 Å². The molecule has 0 amide bonds. The van der Waals surface area contributed by atoms with E-state index in [1.54, 1.807) is 7.11 Å². The van der Waals surface area contributed by atoms with Gasteiger partial charge in [-0.15, -0.1) is 0 Å². The van der Waals surface area contributed by atoms with Crippen molar-refractivity contribution in [2.24, 2.45) is 11.0 Å². The summed E-state index contributed by atoms with van der Waals surface area (Å²) in [6.07, 6.45) is 6.02. The molecule has 1 rings (SSSR count). The molecule has 0 N–H and O–H groups in total. The second-order valence-electron chi connectivity index (χ2n) is 5.05. The molecule has 2 atom stereocenters. The number of methoxy groups -OCH3 is 1. The summed E-state index contributed by atoms with van der Waals surface area (Å²) in [7, 11) is 1.78. The van der Waals surface area contributed by atoms with Gasteiger partial charge in [-0.2, -0.15) is 5.10 Å². The van der Waals surface area contributed by atoms with Crippen LogP contribution >= 0.6 is 0 Å². The Morgan fingerprint density at radius 2 is 2.24 bits per heavy atom. The van der Waals surface area contributed by atoms with Gasteiger partial charge in [0, 0.05) is 19.4 Å². The molecule has 0 radical (unpaired) electrons. The molecule has 0 aromatic heterocycles. The molecule has 3 nitrogen and oxygen atoms in total. The van der Waals surface area contributed by atoms with E-state index in [1.807, 2.05) is 0 Å². The lowest BCUT2D eigenvalue weighted by Crippen LogP contribution is -2.30. The maximum absolute atomic E-state index is 5.27. The molecule has 0 saturated carbocycles. The van der Waals surface area contributed by atoms with Crippen molar-refractivity contribution in [1.82, 2.24) is 5.01 Å². The molecule has 1 unspecified atom stereocenters. The second kappa shape index (κ2) is 7.70. The van der Waals surface area contributed by atoms with Crippen LogP contribution in [0.4, 0.5) is 0 Å². The van der Waals surface area contributed by atoms with E-state index in [4.69, 9.17) is 9.84 Å². The molecular weight excluding hydrogens is 212 g/mol. The fraction of sp³-hybridized carbons (Fsp3) is 0.929. The largest absolute Gasteiger partial charge is 0.382 e. The third-order valence-corrected chi connectivity index (χ3v) is 3.61. The van der Waals surface area contributed by atoms with Gasteiger partial charge in [-0.05, 0) is 31.6 Å². The van der Waals surface area contributed by atoms with Gasteiger partial charge in [-0.1, -0.05) is 27.2 Å². The summed E-state index contributed by atoms with van der Waals surface area (Å²) in [5.74, 6) is 0.619. The first-order valence-electron chi connectivity index (χ1n) is 7.05. The first kappa shape index (κ1) is 14.5. The standard InChI is InChI=1S/C14H28N2O/c1-5-8-12(3)14(6-2)15-16-10-7-9-13(16)11-17-4/h12-13H,5-11H2,1-4H3/b15-14+/t12?,13-/m0/s1. The molecule has 0 aromatic rings. The lowest BCUT2D eigenvalue weighted by Gasteiger charge is -2.24. The molecule has 0 aromatic carbocycles. The van der Waals surface area contributed by atoms with Crippen LogP contribution in [-0.2, 0) is 4.74 Å². The molecule has 1 aliphatic heterocycles. The number of hydrogen-bond donors (Lipinski definition) is 0. The minimum absolute atomic E-state index is 0.496. The van der Waals surface area contributed by atoms with Crippen LogP contribution in [0.5, 0.6) is 0 Å². The number of hydrazone groups is 1. The highest BCUT2D eigenvalue weighted by molar-refractivity contribution is 5.86. The molecule has 1 aliphatic rings. The van der Waals surface area contributed by atoms with Crippen molar-refractivity contribution >= 4 is 5.71 Å². The lowest BCUT2D eigenvalue weighted by molar-refractivity contribution is 0.117. The predicted octanol–water partition coefficient (Wildman–Crippen LogP) is 3.30. The second-order valence-corrected chi connectivity index (χ2v) is 5.05. The molecule has 17 heavy (non-hydrogen) atoms. The molecular formula is C14H28N2O. The average Bonchev–Trinajstić information content (AvgIpc) is 2.74. The molecule has 0 aliphatic carbocycles. The van der Waals surface area contributed by atoms with Gasteiger partial charge in [-0.25, -0.2) is 0 Å². The molecule has 1 fully saturated rings. The molecule has 100 valence electrons. The fourth-order valence-corrected chi connectivity index (χ4v) is 2.60. The zero-order valence-electron chi connectivity index (χ0n) is 11.9. The summed E-state index contributed by atoms with van der Waals surface area (Å²) < 4.78 is 5.27. The van der Waals surface area contributed by atoms with Crippen molar-refractivity contribution in [2.45, 2.75) is 58.9 Å². The fourth-order valence-electron chi connectivity index (χ4n) is 2.60. The van der Waals surface area contributed by atoms with Crippen LogP contribution in [0.3, 0.4) is 0 Å². The van der Waals surface area contributed by atoms with E-state index in [0.29, 0.717) is 12.0 Å². The first-order chi connectivity index (χ1) is 8.22. The molecule has 0 bridgehead atoms. The third kappa shape index (κ3) is 4.30. The van der Waals surface area contributed by atoms with E-state index < -0.39 is 0 Å². The Morgan fingerprint density at radius 3 is 2.82 bits per heavy atom. The zero-order valence-corrected chi connectivity index (χ0v) is 11.9.